The summed E-state index contributed by atoms with van der Waals surface area (Å²) in [5.41, 5.74) is 10.4. The van der Waals surface area contributed by atoms with Gasteiger partial charge in [-0.1, -0.05) is 0 Å². The Labute approximate surface area is 59.6 Å². The molecule has 0 fully saturated rings. The fraction of sp³-hybridized carbons (Fsp3) is 0.667. The Bertz CT molecular complexity index is 116. The molecule has 4 nitrogen and oxygen atoms in total. The molecule has 0 heterocycles. The minimum absolute atomic E-state index is 0.255. The molecule has 0 rings (SSSR count). The molecule has 4 N–H and O–H groups in total. The maximum absolute atomic E-state index is 10.1. The third-order valence-electron chi connectivity index (χ3n) is 1.24. The molecule has 58 valence electrons. The van der Waals surface area contributed by atoms with Gasteiger partial charge in [-0.2, -0.15) is 0 Å². The lowest BCUT2D eigenvalue weighted by molar-refractivity contribution is -0.112. The second-order valence-electron chi connectivity index (χ2n) is 2.17. The molecule has 0 aromatic carbocycles. The Kier molecular flexibility index (Phi) is 4.70. The summed E-state index contributed by atoms with van der Waals surface area (Å²) in [5, 5.41) is 0. The highest BCUT2D eigenvalue weighted by Gasteiger charge is 2.09. The van der Waals surface area contributed by atoms with E-state index >= 15 is 0 Å². The van der Waals surface area contributed by atoms with Gasteiger partial charge in [0.2, 0.25) is 0 Å². The van der Waals surface area contributed by atoms with E-state index in [2.05, 4.69) is 0 Å². The molecule has 2 atom stereocenters. The minimum Gasteiger partial charge on any atom is -0.330 e. The quantitative estimate of drug-likeness (QED) is 0.468. The molecule has 0 aliphatic heterocycles. The lowest BCUT2D eigenvalue weighted by Gasteiger charge is -2.07. The number of nitrogens with two attached hydrogens (primary N) is 2. The van der Waals surface area contributed by atoms with Crippen molar-refractivity contribution >= 4 is 12.6 Å². The first-order valence-corrected chi connectivity index (χ1v) is 3.10. The average molecular weight is 144 g/mol. The zero-order valence-corrected chi connectivity index (χ0v) is 5.69. The van der Waals surface area contributed by atoms with Gasteiger partial charge in [-0.05, 0) is 6.42 Å². The number of hydrogen-bond acceptors (Lipinski definition) is 4. The Hall–Kier alpha value is -0.740. The fourth-order valence-corrected chi connectivity index (χ4v) is 0.612. The molecule has 0 aliphatic carbocycles. The highest BCUT2D eigenvalue weighted by Crippen LogP contribution is 1.97. The molecule has 0 aromatic rings. The summed E-state index contributed by atoms with van der Waals surface area (Å²) >= 11 is 0. The van der Waals surface area contributed by atoms with Crippen molar-refractivity contribution in [3.63, 3.8) is 0 Å². The molecule has 0 saturated carbocycles. The highest BCUT2D eigenvalue weighted by molar-refractivity contribution is 5.60. The molecular weight excluding hydrogens is 132 g/mol. The standard InChI is InChI=1S/C6H12N2O2/c7-2-5(3-9)1-6(8)4-10/h3-6H,1-2,7-8H2/t5?,6-/m0/s1. The molecule has 10 heavy (non-hydrogen) atoms. The molecule has 0 saturated heterocycles. The summed E-state index contributed by atoms with van der Waals surface area (Å²) in [6, 6.07) is -0.557. The van der Waals surface area contributed by atoms with Crippen LogP contribution in [-0.2, 0) is 9.59 Å². The summed E-state index contributed by atoms with van der Waals surface area (Å²) in [4.78, 5) is 20.1. The lowest BCUT2D eigenvalue weighted by Crippen LogP contribution is -2.28. The van der Waals surface area contributed by atoms with Crippen molar-refractivity contribution in [3.05, 3.63) is 0 Å². The van der Waals surface area contributed by atoms with Gasteiger partial charge in [0.1, 0.15) is 12.6 Å². The van der Waals surface area contributed by atoms with Crippen molar-refractivity contribution in [2.24, 2.45) is 17.4 Å². The average Bonchev–Trinajstić information content (AvgIpc) is 1.99. The van der Waals surface area contributed by atoms with E-state index in [0.29, 0.717) is 12.7 Å². The normalized spacial score (nSPS) is 15.8. The molecule has 0 aromatic heterocycles. The highest BCUT2D eigenvalue weighted by atomic mass is 16.1. The predicted molar refractivity (Wildman–Crippen MR) is 37.3 cm³/mol. The molecule has 0 spiro atoms. The van der Waals surface area contributed by atoms with Gasteiger partial charge in [-0.25, -0.2) is 0 Å². The van der Waals surface area contributed by atoms with Crippen LogP contribution in [0.2, 0.25) is 0 Å². The third kappa shape index (κ3) is 3.32. The van der Waals surface area contributed by atoms with Gasteiger partial charge in [0.05, 0.1) is 6.04 Å². The number of carbonyl (C=O) groups excluding carboxylic acids is 2. The van der Waals surface area contributed by atoms with Gasteiger partial charge >= 0.3 is 0 Å². The molecule has 0 radical (unpaired) electrons. The van der Waals surface area contributed by atoms with E-state index < -0.39 is 6.04 Å². The van der Waals surface area contributed by atoms with Crippen molar-refractivity contribution < 1.29 is 9.59 Å². The first-order chi connectivity index (χ1) is 4.74. The van der Waals surface area contributed by atoms with E-state index in [1.807, 2.05) is 0 Å². The lowest BCUT2D eigenvalue weighted by atomic mass is 10.0. The van der Waals surface area contributed by atoms with Gasteiger partial charge in [-0.3, -0.25) is 0 Å². The van der Waals surface area contributed by atoms with Crippen LogP contribution in [0.25, 0.3) is 0 Å². The van der Waals surface area contributed by atoms with Gasteiger partial charge < -0.3 is 21.1 Å². The molecular formula is C6H12N2O2. The monoisotopic (exact) mass is 144 g/mol. The maximum Gasteiger partial charge on any atom is 0.136 e. The number of carbonyl (C=O) groups is 2. The van der Waals surface area contributed by atoms with Crippen LogP contribution in [0.4, 0.5) is 0 Å². The minimum atomic E-state index is -0.557. The van der Waals surface area contributed by atoms with Gasteiger partial charge in [0.15, 0.2) is 0 Å². The first-order valence-electron chi connectivity index (χ1n) is 3.10. The van der Waals surface area contributed by atoms with E-state index in [9.17, 15) is 9.59 Å². The summed E-state index contributed by atoms with van der Waals surface area (Å²) in [6.07, 6.45) is 1.69. The molecule has 0 bridgehead atoms. The SMILES string of the molecule is NCC(C=O)C[C@H](N)C=O. The second-order valence-corrected chi connectivity index (χ2v) is 2.17. The van der Waals surface area contributed by atoms with Gasteiger partial charge in [0.25, 0.3) is 0 Å². The van der Waals surface area contributed by atoms with E-state index in [-0.39, 0.29) is 12.5 Å². The summed E-state index contributed by atoms with van der Waals surface area (Å²) in [5.74, 6) is -0.278. The smallest absolute Gasteiger partial charge is 0.136 e. The zero-order chi connectivity index (χ0) is 7.98. The molecule has 4 heteroatoms. The largest absolute Gasteiger partial charge is 0.330 e. The van der Waals surface area contributed by atoms with Crippen LogP contribution < -0.4 is 11.5 Å². The van der Waals surface area contributed by atoms with Crippen molar-refractivity contribution in [1.82, 2.24) is 0 Å². The van der Waals surface area contributed by atoms with Crippen LogP contribution in [0.15, 0.2) is 0 Å². The number of rotatable bonds is 5. The molecule has 1 unspecified atom stereocenters. The van der Waals surface area contributed by atoms with Crippen molar-refractivity contribution in [1.29, 1.82) is 0 Å². The summed E-state index contributed by atoms with van der Waals surface area (Å²) in [7, 11) is 0. The predicted octanol–water partition coefficient (Wildman–Crippen LogP) is -1.32. The molecule has 0 amide bonds. The van der Waals surface area contributed by atoms with Crippen molar-refractivity contribution in [2.75, 3.05) is 6.54 Å². The zero-order valence-electron chi connectivity index (χ0n) is 5.69. The first kappa shape index (κ1) is 9.26. The second kappa shape index (κ2) is 5.08. The fourth-order valence-electron chi connectivity index (χ4n) is 0.612. The summed E-state index contributed by atoms with van der Waals surface area (Å²) in [6.45, 7) is 0.255. The van der Waals surface area contributed by atoms with Gasteiger partial charge in [-0.15, -0.1) is 0 Å². The van der Waals surface area contributed by atoms with Crippen LogP contribution in [-0.4, -0.2) is 25.2 Å². The van der Waals surface area contributed by atoms with Gasteiger partial charge in [0, 0.05) is 12.5 Å². The Balaban J connectivity index is 3.61. The summed E-state index contributed by atoms with van der Waals surface area (Å²) < 4.78 is 0. The Morgan fingerprint density at radius 1 is 1.30 bits per heavy atom. The van der Waals surface area contributed by atoms with Crippen molar-refractivity contribution in [3.8, 4) is 0 Å². The third-order valence-corrected chi connectivity index (χ3v) is 1.24. The van der Waals surface area contributed by atoms with E-state index in [1.165, 1.54) is 0 Å². The van der Waals surface area contributed by atoms with E-state index in [4.69, 9.17) is 11.5 Å². The van der Waals surface area contributed by atoms with E-state index in [0.717, 1.165) is 6.29 Å². The van der Waals surface area contributed by atoms with Crippen molar-refractivity contribution in [2.45, 2.75) is 12.5 Å². The van der Waals surface area contributed by atoms with E-state index in [1.54, 1.807) is 0 Å². The Morgan fingerprint density at radius 2 is 1.90 bits per heavy atom. The van der Waals surface area contributed by atoms with Crippen LogP contribution in [0.1, 0.15) is 6.42 Å². The van der Waals surface area contributed by atoms with Crippen LogP contribution in [0, 0.1) is 5.92 Å². The Morgan fingerprint density at radius 3 is 2.20 bits per heavy atom. The van der Waals surface area contributed by atoms with Crippen LogP contribution in [0.5, 0.6) is 0 Å². The number of aldehydes is 2. The topological polar surface area (TPSA) is 86.2 Å². The maximum atomic E-state index is 10.1. The van der Waals surface area contributed by atoms with Crippen LogP contribution in [0.3, 0.4) is 0 Å². The number of hydrogen-bond donors (Lipinski definition) is 2. The molecule has 0 aliphatic rings. The van der Waals surface area contributed by atoms with Crippen LogP contribution >= 0.6 is 0 Å².